The minimum Gasteiger partial charge on any atom is -0.491 e. The topological polar surface area (TPSA) is 86.5 Å². The van der Waals surface area contributed by atoms with E-state index in [9.17, 15) is 9.18 Å². The number of para-hydroxylation sites is 1. The first-order valence-electron chi connectivity index (χ1n) is 8.75. The highest BCUT2D eigenvalue weighted by atomic mass is 19.1. The smallest absolute Gasteiger partial charge is 0.266 e. The molecule has 0 saturated heterocycles. The van der Waals surface area contributed by atoms with Crippen LogP contribution in [0.1, 0.15) is 20.8 Å². The number of hydrogen-bond acceptors (Lipinski definition) is 6. The quantitative estimate of drug-likeness (QED) is 0.660. The molecule has 0 bridgehead atoms. The van der Waals surface area contributed by atoms with Crippen LogP contribution in [0.25, 0.3) is 11.3 Å². The van der Waals surface area contributed by atoms with Crippen LogP contribution in [-0.2, 0) is 4.79 Å². The Hall–Kier alpha value is -3.42. The Morgan fingerprint density at radius 1 is 1.04 bits per heavy atom. The molecule has 28 heavy (non-hydrogen) atoms. The second-order valence-electron chi connectivity index (χ2n) is 6.33. The summed E-state index contributed by atoms with van der Waals surface area (Å²) >= 11 is 0. The Balaban J connectivity index is 1.69. The van der Waals surface area contributed by atoms with Crippen molar-refractivity contribution in [1.29, 1.82) is 0 Å². The zero-order valence-corrected chi connectivity index (χ0v) is 15.7. The van der Waals surface area contributed by atoms with Crippen LogP contribution in [0, 0.1) is 5.82 Å². The Bertz CT molecular complexity index is 941. The predicted molar refractivity (Wildman–Crippen MR) is 101 cm³/mol. The van der Waals surface area contributed by atoms with Gasteiger partial charge in [-0.15, -0.1) is 0 Å². The van der Waals surface area contributed by atoms with Crippen LogP contribution >= 0.6 is 0 Å². The second-order valence-corrected chi connectivity index (χ2v) is 6.33. The summed E-state index contributed by atoms with van der Waals surface area (Å²) in [5.74, 6) is -0.210. The first-order chi connectivity index (χ1) is 13.4. The number of anilines is 1. The van der Waals surface area contributed by atoms with Gasteiger partial charge in [-0.1, -0.05) is 12.1 Å². The van der Waals surface area contributed by atoms with Gasteiger partial charge in [0.2, 0.25) is 5.82 Å². The van der Waals surface area contributed by atoms with E-state index in [1.807, 2.05) is 13.8 Å². The number of ether oxygens (including phenoxy) is 2. The van der Waals surface area contributed by atoms with Gasteiger partial charge in [-0.3, -0.25) is 4.79 Å². The molecule has 2 aromatic carbocycles. The minimum atomic E-state index is -0.955. The largest absolute Gasteiger partial charge is 0.491 e. The lowest BCUT2D eigenvalue weighted by molar-refractivity contribution is -0.122. The fraction of sp³-hybridized carbons (Fsp3) is 0.250. The molecule has 8 heteroatoms. The van der Waals surface area contributed by atoms with Crippen molar-refractivity contribution in [2.45, 2.75) is 33.0 Å². The molecule has 0 saturated carbocycles. The summed E-state index contributed by atoms with van der Waals surface area (Å²) in [5, 5.41) is 10.2. The molecular weight excluding hydrogens is 365 g/mol. The van der Waals surface area contributed by atoms with Crippen LogP contribution in [0.15, 0.2) is 53.2 Å². The number of nitrogens with zero attached hydrogens (tertiary/aromatic N) is 2. The number of carbonyl (C=O) groups excluding carboxylic acids is 1. The van der Waals surface area contributed by atoms with Crippen molar-refractivity contribution in [3.8, 4) is 22.8 Å². The summed E-state index contributed by atoms with van der Waals surface area (Å²) in [6.45, 7) is 5.38. The lowest BCUT2D eigenvalue weighted by Gasteiger charge is -2.14. The Labute approximate surface area is 161 Å². The van der Waals surface area contributed by atoms with E-state index in [4.69, 9.17) is 14.1 Å². The zero-order chi connectivity index (χ0) is 20.1. The number of amides is 1. The maximum absolute atomic E-state index is 13.7. The van der Waals surface area contributed by atoms with Gasteiger partial charge >= 0.3 is 0 Å². The SMILES string of the molecule is CC(C)Oc1ccc(-c2nonc2NC(=O)C(C)Oc2ccccc2F)cc1. The third-order valence-electron chi connectivity index (χ3n) is 3.74. The molecule has 1 heterocycles. The van der Waals surface area contributed by atoms with Crippen LogP contribution in [0.3, 0.4) is 0 Å². The normalized spacial score (nSPS) is 11.9. The van der Waals surface area contributed by atoms with E-state index in [0.717, 1.165) is 0 Å². The molecule has 1 atom stereocenters. The maximum atomic E-state index is 13.7. The third-order valence-corrected chi connectivity index (χ3v) is 3.74. The molecule has 0 aliphatic heterocycles. The van der Waals surface area contributed by atoms with Crippen LogP contribution in [-0.4, -0.2) is 28.4 Å². The molecule has 1 aromatic heterocycles. The molecule has 3 aromatic rings. The first kappa shape index (κ1) is 19.3. The fourth-order valence-corrected chi connectivity index (χ4v) is 2.43. The van der Waals surface area contributed by atoms with Crippen molar-refractivity contribution >= 4 is 11.7 Å². The molecule has 1 amide bonds. The average Bonchev–Trinajstić information content (AvgIpc) is 3.11. The monoisotopic (exact) mass is 385 g/mol. The molecule has 0 fully saturated rings. The van der Waals surface area contributed by atoms with Gasteiger partial charge in [0.15, 0.2) is 23.4 Å². The first-order valence-corrected chi connectivity index (χ1v) is 8.75. The van der Waals surface area contributed by atoms with Gasteiger partial charge in [0.05, 0.1) is 6.10 Å². The van der Waals surface area contributed by atoms with Crippen LogP contribution in [0.4, 0.5) is 10.2 Å². The van der Waals surface area contributed by atoms with Crippen molar-refractivity contribution in [3.05, 3.63) is 54.3 Å². The van der Waals surface area contributed by atoms with E-state index in [0.29, 0.717) is 17.0 Å². The van der Waals surface area contributed by atoms with Gasteiger partial charge in [-0.25, -0.2) is 9.02 Å². The molecule has 0 radical (unpaired) electrons. The van der Waals surface area contributed by atoms with E-state index in [1.165, 1.54) is 25.1 Å². The van der Waals surface area contributed by atoms with Crippen molar-refractivity contribution in [1.82, 2.24) is 10.3 Å². The van der Waals surface area contributed by atoms with E-state index in [1.54, 1.807) is 30.3 Å². The van der Waals surface area contributed by atoms with Gasteiger partial charge < -0.3 is 14.8 Å². The highest BCUT2D eigenvalue weighted by molar-refractivity contribution is 5.95. The molecule has 7 nitrogen and oxygen atoms in total. The molecule has 1 unspecified atom stereocenters. The van der Waals surface area contributed by atoms with Crippen LogP contribution in [0.2, 0.25) is 0 Å². The molecule has 0 aliphatic rings. The molecular formula is C20H20FN3O4. The van der Waals surface area contributed by atoms with Gasteiger partial charge in [0, 0.05) is 5.56 Å². The van der Waals surface area contributed by atoms with Crippen molar-refractivity contribution < 1.29 is 23.3 Å². The van der Waals surface area contributed by atoms with Crippen molar-refractivity contribution in [3.63, 3.8) is 0 Å². The highest BCUT2D eigenvalue weighted by Crippen LogP contribution is 2.27. The number of nitrogens with one attached hydrogen (secondary N) is 1. The fourth-order valence-electron chi connectivity index (χ4n) is 2.43. The summed E-state index contributed by atoms with van der Waals surface area (Å²) < 4.78 is 29.4. The van der Waals surface area contributed by atoms with Gasteiger partial charge in [-0.2, -0.15) is 0 Å². The van der Waals surface area contributed by atoms with Crippen LogP contribution < -0.4 is 14.8 Å². The van der Waals surface area contributed by atoms with Gasteiger partial charge in [0.1, 0.15) is 5.75 Å². The Kier molecular flexibility index (Phi) is 5.88. The third kappa shape index (κ3) is 4.64. The number of halogens is 1. The number of hydrogen-bond donors (Lipinski definition) is 1. The number of benzene rings is 2. The minimum absolute atomic E-state index is 0.00982. The van der Waals surface area contributed by atoms with Gasteiger partial charge in [0.25, 0.3) is 5.91 Å². The lowest BCUT2D eigenvalue weighted by Crippen LogP contribution is -2.30. The number of aromatic nitrogens is 2. The lowest BCUT2D eigenvalue weighted by atomic mass is 10.1. The molecule has 0 spiro atoms. The summed E-state index contributed by atoms with van der Waals surface area (Å²) in [6.07, 6.45) is -0.895. The summed E-state index contributed by atoms with van der Waals surface area (Å²) in [7, 11) is 0. The average molecular weight is 385 g/mol. The van der Waals surface area contributed by atoms with Crippen LogP contribution in [0.5, 0.6) is 11.5 Å². The van der Waals surface area contributed by atoms with Crippen molar-refractivity contribution in [2.24, 2.45) is 0 Å². The zero-order valence-electron chi connectivity index (χ0n) is 15.7. The van der Waals surface area contributed by atoms with E-state index in [2.05, 4.69) is 15.6 Å². The predicted octanol–water partition coefficient (Wildman–Crippen LogP) is 4.07. The Morgan fingerprint density at radius 2 is 1.75 bits per heavy atom. The maximum Gasteiger partial charge on any atom is 0.266 e. The molecule has 0 aliphatic carbocycles. The van der Waals surface area contributed by atoms with Gasteiger partial charge in [-0.05, 0) is 67.5 Å². The highest BCUT2D eigenvalue weighted by Gasteiger charge is 2.21. The molecule has 146 valence electrons. The number of rotatable bonds is 7. The standard InChI is InChI=1S/C20H20FN3O4/c1-12(2)26-15-10-8-14(9-11-15)18-19(24-28-23-18)22-20(25)13(3)27-17-7-5-4-6-16(17)21/h4-13H,1-3H3,(H,22,24,25). The molecule has 1 N–H and O–H groups in total. The van der Waals surface area contributed by atoms with E-state index < -0.39 is 17.8 Å². The number of carbonyl (C=O) groups is 1. The second kappa shape index (κ2) is 8.51. The Morgan fingerprint density at radius 3 is 2.43 bits per heavy atom. The summed E-state index contributed by atoms with van der Waals surface area (Å²) in [5.41, 5.74) is 1.05. The van der Waals surface area contributed by atoms with E-state index >= 15 is 0 Å². The molecule has 3 rings (SSSR count). The van der Waals surface area contributed by atoms with Crippen molar-refractivity contribution in [2.75, 3.05) is 5.32 Å². The van der Waals surface area contributed by atoms with E-state index in [-0.39, 0.29) is 17.7 Å². The summed E-state index contributed by atoms with van der Waals surface area (Å²) in [6, 6.07) is 13.0. The summed E-state index contributed by atoms with van der Waals surface area (Å²) in [4.78, 5) is 12.4.